The minimum absolute atomic E-state index is 0.0390. The molecule has 0 aromatic carbocycles. The SMILES string of the molecule is C[C@@]1(C=O)[C@H](O[C@@H]2O[C@H](CO[C@@H]3OC[C@](O)(CO)[C@H]3O)[C@@H](O)[C@H](O)[C@H]2O)CC[C@@]2(C)[C@@H]3CC[C@@H]4C[C@@]3(CC[C@@H]12)C[C@]4(O)CO. The number of rotatable bonds is 8. The summed E-state index contributed by atoms with van der Waals surface area (Å²) in [7, 11) is 0. The first-order valence-electron chi connectivity index (χ1n) is 16.1. The van der Waals surface area contributed by atoms with E-state index >= 15 is 0 Å². The molecule has 6 aliphatic rings. The maximum atomic E-state index is 13.0. The molecule has 2 bridgehead atoms. The second kappa shape index (κ2) is 11.4. The van der Waals surface area contributed by atoms with E-state index in [2.05, 4.69) is 6.92 Å². The zero-order valence-corrected chi connectivity index (χ0v) is 25.5. The topological polar surface area (TPSA) is 216 Å². The fourth-order valence-electron chi connectivity index (χ4n) is 10.6. The number of carbonyl (C=O) groups is 1. The van der Waals surface area contributed by atoms with Crippen LogP contribution in [0.25, 0.3) is 0 Å². The van der Waals surface area contributed by atoms with E-state index in [1.165, 1.54) is 0 Å². The van der Waals surface area contributed by atoms with Crippen molar-refractivity contribution in [2.75, 3.05) is 26.4 Å². The molecule has 0 aromatic rings. The van der Waals surface area contributed by atoms with Gasteiger partial charge in [0, 0.05) is 0 Å². The van der Waals surface area contributed by atoms with Crippen molar-refractivity contribution in [1.29, 1.82) is 0 Å². The predicted molar refractivity (Wildman–Crippen MR) is 149 cm³/mol. The van der Waals surface area contributed by atoms with E-state index in [0.717, 1.165) is 44.8 Å². The molecule has 4 saturated carbocycles. The van der Waals surface area contributed by atoms with Crippen LogP contribution >= 0.6 is 0 Å². The van der Waals surface area contributed by atoms with Gasteiger partial charge >= 0.3 is 0 Å². The van der Waals surface area contributed by atoms with E-state index in [0.29, 0.717) is 12.8 Å². The third kappa shape index (κ3) is 4.84. The molecule has 2 heterocycles. The van der Waals surface area contributed by atoms with E-state index in [9.17, 15) is 45.6 Å². The highest BCUT2D eigenvalue weighted by Gasteiger charge is 2.69. The van der Waals surface area contributed by atoms with Gasteiger partial charge in [0.1, 0.15) is 42.4 Å². The van der Waals surface area contributed by atoms with Gasteiger partial charge in [-0.05, 0) is 80.0 Å². The Hall–Kier alpha value is -0.810. The molecule has 13 nitrogen and oxygen atoms in total. The zero-order chi connectivity index (χ0) is 31.9. The molecule has 0 aromatic heterocycles. The maximum absolute atomic E-state index is 13.0. The molecular weight excluding hydrogens is 580 g/mol. The number of hydrogen-bond acceptors (Lipinski definition) is 13. The highest BCUT2D eigenvalue weighted by atomic mass is 16.7. The van der Waals surface area contributed by atoms with Gasteiger partial charge in [0.15, 0.2) is 12.6 Å². The van der Waals surface area contributed by atoms with Crippen molar-refractivity contribution in [2.45, 2.75) is 126 Å². The number of aliphatic hydroxyl groups is 8. The van der Waals surface area contributed by atoms with Crippen molar-refractivity contribution in [3.05, 3.63) is 0 Å². The lowest BCUT2D eigenvalue weighted by Crippen LogP contribution is -2.64. The average Bonchev–Trinajstić information content (AvgIpc) is 3.41. The van der Waals surface area contributed by atoms with Gasteiger partial charge in [0.25, 0.3) is 0 Å². The average molecular weight is 631 g/mol. The highest BCUT2D eigenvalue weighted by molar-refractivity contribution is 5.61. The van der Waals surface area contributed by atoms with Crippen LogP contribution in [0.5, 0.6) is 0 Å². The fourth-order valence-corrected chi connectivity index (χ4v) is 10.6. The van der Waals surface area contributed by atoms with Gasteiger partial charge in [-0.3, -0.25) is 0 Å². The smallest absolute Gasteiger partial charge is 0.187 e. The number of ether oxygens (including phenoxy) is 4. The van der Waals surface area contributed by atoms with Gasteiger partial charge < -0.3 is 64.6 Å². The first-order chi connectivity index (χ1) is 20.7. The largest absolute Gasteiger partial charge is 0.393 e. The second-order valence-electron chi connectivity index (χ2n) is 15.3. The van der Waals surface area contributed by atoms with Crippen molar-refractivity contribution in [3.63, 3.8) is 0 Å². The minimum atomic E-state index is -1.90. The minimum Gasteiger partial charge on any atom is -0.393 e. The monoisotopic (exact) mass is 630 g/mol. The van der Waals surface area contributed by atoms with Crippen LogP contribution in [0.1, 0.15) is 65.2 Å². The van der Waals surface area contributed by atoms with Gasteiger partial charge in [-0.25, -0.2) is 0 Å². The number of aldehydes is 1. The van der Waals surface area contributed by atoms with Crippen molar-refractivity contribution in [2.24, 2.45) is 34.0 Å². The molecule has 1 spiro atoms. The molecule has 13 heteroatoms. The summed E-state index contributed by atoms with van der Waals surface area (Å²) in [5.74, 6) is 0.342. The Bertz CT molecular complexity index is 1080. The van der Waals surface area contributed by atoms with E-state index < -0.39 is 79.0 Å². The van der Waals surface area contributed by atoms with Crippen LogP contribution in [-0.2, 0) is 23.7 Å². The Morgan fingerprint density at radius 2 is 1.59 bits per heavy atom. The summed E-state index contributed by atoms with van der Waals surface area (Å²) in [5.41, 5.74) is -4.15. The van der Waals surface area contributed by atoms with Crippen LogP contribution in [0.3, 0.4) is 0 Å². The second-order valence-corrected chi connectivity index (χ2v) is 15.3. The summed E-state index contributed by atoms with van der Waals surface area (Å²) >= 11 is 0. The Morgan fingerprint density at radius 3 is 2.25 bits per heavy atom. The predicted octanol–water partition coefficient (Wildman–Crippen LogP) is -1.42. The Morgan fingerprint density at radius 1 is 0.864 bits per heavy atom. The molecule has 0 amide bonds. The Balaban J connectivity index is 1.16. The van der Waals surface area contributed by atoms with Gasteiger partial charge in [-0.2, -0.15) is 0 Å². The Kier molecular flexibility index (Phi) is 8.59. The normalized spacial score (nSPS) is 57.1. The van der Waals surface area contributed by atoms with E-state index in [1.54, 1.807) is 0 Å². The van der Waals surface area contributed by atoms with Crippen molar-refractivity contribution < 1.29 is 64.6 Å². The summed E-state index contributed by atoms with van der Waals surface area (Å²) in [5, 5.41) is 83.3. The summed E-state index contributed by atoms with van der Waals surface area (Å²) in [6.07, 6.45) is -3.90. The van der Waals surface area contributed by atoms with Gasteiger partial charge in [0.05, 0.1) is 43.5 Å². The van der Waals surface area contributed by atoms with E-state index in [4.69, 9.17) is 18.9 Å². The molecule has 0 radical (unpaired) electrons. The summed E-state index contributed by atoms with van der Waals surface area (Å²) in [4.78, 5) is 13.0. The van der Waals surface area contributed by atoms with Crippen molar-refractivity contribution in [1.82, 2.24) is 0 Å². The summed E-state index contributed by atoms with van der Waals surface area (Å²) in [6, 6.07) is 0. The fraction of sp³-hybridized carbons (Fsp3) is 0.968. The molecule has 2 aliphatic heterocycles. The molecule has 6 rings (SSSR count). The number of carbonyl (C=O) groups excluding carboxylic acids is 1. The lowest BCUT2D eigenvalue weighted by atomic mass is 9.40. The zero-order valence-electron chi connectivity index (χ0n) is 25.5. The van der Waals surface area contributed by atoms with Crippen LogP contribution in [0.15, 0.2) is 0 Å². The number of hydrogen-bond donors (Lipinski definition) is 8. The van der Waals surface area contributed by atoms with Crippen LogP contribution in [-0.4, -0.2) is 134 Å². The summed E-state index contributed by atoms with van der Waals surface area (Å²) < 4.78 is 23.0. The molecule has 16 atom stereocenters. The molecule has 44 heavy (non-hydrogen) atoms. The molecule has 252 valence electrons. The van der Waals surface area contributed by atoms with Crippen LogP contribution in [0.2, 0.25) is 0 Å². The third-order valence-electron chi connectivity index (χ3n) is 13.0. The molecule has 2 saturated heterocycles. The van der Waals surface area contributed by atoms with Gasteiger partial charge in [0.2, 0.25) is 0 Å². The quantitative estimate of drug-likeness (QED) is 0.114. The molecule has 8 N–H and O–H groups in total. The van der Waals surface area contributed by atoms with Crippen LogP contribution < -0.4 is 0 Å². The van der Waals surface area contributed by atoms with Gasteiger partial charge in [-0.15, -0.1) is 0 Å². The third-order valence-corrected chi connectivity index (χ3v) is 13.0. The standard InChI is InChI=1S/C31H50O13/c1-27-7-6-20(28(2,12-32)18(27)5-8-29-9-16(3-4-19(27)29)30(39,11-29)13-33)44-25-23(37)22(36)21(35)17(43-25)10-41-26-24(38)31(40,14-34)15-42-26/h12,16-26,33-40H,3-11,13-15H2,1-2H3/t16-,17-,18-,19+,20-,21-,22+,23-,24+,25+,26-,27-,28+,29+,30+,31-/m1/s1. The van der Waals surface area contributed by atoms with Crippen LogP contribution in [0, 0.1) is 34.0 Å². The molecule has 0 unspecified atom stereocenters. The van der Waals surface area contributed by atoms with Crippen LogP contribution in [0.4, 0.5) is 0 Å². The summed E-state index contributed by atoms with van der Waals surface area (Å²) in [6.45, 7) is 2.40. The van der Waals surface area contributed by atoms with E-state index in [1.807, 2.05) is 6.92 Å². The first kappa shape index (κ1) is 33.1. The highest BCUT2D eigenvalue weighted by Crippen LogP contribution is 2.72. The van der Waals surface area contributed by atoms with Crippen molar-refractivity contribution >= 4 is 6.29 Å². The van der Waals surface area contributed by atoms with Crippen molar-refractivity contribution in [3.8, 4) is 0 Å². The van der Waals surface area contributed by atoms with Gasteiger partial charge in [-0.1, -0.05) is 13.8 Å². The lowest BCUT2D eigenvalue weighted by molar-refractivity contribution is -0.332. The lowest BCUT2D eigenvalue weighted by Gasteiger charge is -2.64. The maximum Gasteiger partial charge on any atom is 0.187 e. The first-order valence-corrected chi connectivity index (χ1v) is 16.1. The molecule has 4 aliphatic carbocycles. The molecule has 6 fully saturated rings. The number of fused-ring (bicyclic) bond motifs is 3. The van der Waals surface area contributed by atoms with E-state index in [-0.39, 0.29) is 41.8 Å². The Labute approximate surface area is 257 Å². The number of aliphatic hydroxyl groups excluding tert-OH is 6. The molecular formula is C31H50O13.